The fourth-order valence-corrected chi connectivity index (χ4v) is 2.16. The molecule has 0 saturated carbocycles. The van der Waals surface area contributed by atoms with Crippen LogP contribution in [-0.4, -0.2) is 25.1 Å². The van der Waals surface area contributed by atoms with Crippen LogP contribution < -0.4 is 10.6 Å². The van der Waals surface area contributed by atoms with Crippen LogP contribution in [0.1, 0.15) is 13.3 Å². The number of halogens is 2. The minimum Gasteiger partial charge on any atom is -0.395 e. The Labute approximate surface area is 105 Å². The topological polar surface area (TPSA) is 29.3 Å². The molecule has 1 aromatic carbocycles. The van der Waals surface area contributed by atoms with Crippen LogP contribution >= 0.6 is 11.8 Å². The minimum absolute atomic E-state index is 0.00454. The molecule has 2 nitrogen and oxygen atoms in total. The zero-order valence-electron chi connectivity index (χ0n) is 10.3. The number of thioether (sulfide) groups is 1. The van der Waals surface area contributed by atoms with Gasteiger partial charge in [0.25, 0.3) is 0 Å². The second-order valence-corrected chi connectivity index (χ2v) is 5.05. The van der Waals surface area contributed by atoms with Gasteiger partial charge in [0.05, 0.1) is 11.4 Å². The number of hydrogen-bond acceptors (Lipinski definition) is 3. The lowest BCUT2D eigenvalue weighted by atomic mass is 10.1. The van der Waals surface area contributed by atoms with Crippen molar-refractivity contribution in [1.29, 1.82) is 0 Å². The summed E-state index contributed by atoms with van der Waals surface area (Å²) in [5.74, 6) is -0.303. The van der Waals surface area contributed by atoms with Gasteiger partial charge in [0.2, 0.25) is 0 Å². The molecule has 0 spiro atoms. The van der Waals surface area contributed by atoms with E-state index in [0.29, 0.717) is 5.69 Å². The summed E-state index contributed by atoms with van der Waals surface area (Å²) in [7, 11) is 1.80. The summed E-state index contributed by atoms with van der Waals surface area (Å²) in [5.41, 5.74) is 6.05. The standard InChI is InChI=1S/C12H18F2N2S/c1-8(4-5-17-3)16(2)11-7-9(13)6-10(14)12(11)15/h6-8H,4-5,15H2,1-3H3. The maximum atomic E-state index is 13.3. The Kier molecular flexibility index (Phi) is 5.05. The summed E-state index contributed by atoms with van der Waals surface area (Å²) in [6.45, 7) is 2.01. The summed E-state index contributed by atoms with van der Waals surface area (Å²) >= 11 is 1.75. The number of nitrogen functional groups attached to an aromatic ring is 1. The lowest BCUT2D eigenvalue weighted by Gasteiger charge is -2.28. The van der Waals surface area contributed by atoms with E-state index in [2.05, 4.69) is 0 Å². The molecule has 1 aromatic rings. The fraction of sp³-hybridized carbons (Fsp3) is 0.500. The quantitative estimate of drug-likeness (QED) is 0.825. The molecule has 1 rings (SSSR count). The lowest BCUT2D eigenvalue weighted by molar-refractivity contribution is 0.582. The molecule has 0 aliphatic rings. The van der Waals surface area contributed by atoms with E-state index in [4.69, 9.17) is 5.73 Å². The predicted molar refractivity (Wildman–Crippen MR) is 71.6 cm³/mol. The number of rotatable bonds is 5. The molecular weight excluding hydrogens is 242 g/mol. The van der Waals surface area contributed by atoms with Crippen LogP contribution in [0.15, 0.2) is 12.1 Å². The van der Waals surface area contributed by atoms with E-state index in [0.717, 1.165) is 18.2 Å². The van der Waals surface area contributed by atoms with Crippen LogP contribution in [0.2, 0.25) is 0 Å². The molecule has 0 fully saturated rings. The Morgan fingerprint density at radius 1 is 1.41 bits per heavy atom. The highest BCUT2D eigenvalue weighted by molar-refractivity contribution is 7.98. The molecule has 0 radical (unpaired) electrons. The minimum atomic E-state index is -0.705. The van der Waals surface area contributed by atoms with Gasteiger partial charge in [-0.15, -0.1) is 0 Å². The van der Waals surface area contributed by atoms with Gasteiger partial charge in [-0.1, -0.05) is 0 Å². The predicted octanol–water partition coefficient (Wildman–Crippen LogP) is 3.12. The second kappa shape index (κ2) is 6.10. The van der Waals surface area contributed by atoms with Gasteiger partial charge in [-0.3, -0.25) is 0 Å². The van der Waals surface area contributed by atoms with E-state index >= 15 is 0 Å². The van der Waals surface area contributed by atoms with Crippen molar-refractivity contribution in [2.24, 2.45) is 0 Å². The number of nitrogens with two attached hydrogens (primary N) is 1. The molecule has 0 aliphatic heterocycles. The van der Waals surface area contributed by atoms with Gasteiger partial charge in [-0.25, -0.2) is 8.78 Å². The highest BCUT2D eigenvalue weighted by Gasteiger charge is 2.16. The number of anilines is 2. The van der Waals surface area contributed by atoms with E-state index in [1.807, 2.05) is 18.1 Å². The molecule has 0 saturated heterocycles. The molecule has 2 N–H and O–H groups in total. The van der Waals surface area contributed by atoms with Gasteiger partial charge in [-0.05, 0) is 31.4 Å². The molecule has 0 aromatic heterocycles. The van der Waals surface area contributed by atoms with Gasteiger partial charge in [-0.2, -0.15) is 11.8 Å². The van der Waals surface area contributed by atoms with Crippen molar-refractivity contribution in [2.75, 3.05) is 29.7 Å². The van der Waals surface area contributed by atoms with E-state index in [9.17, 15) is 8.78 Å². The van der Waals surface area contributed by atoms with Crippen molar-refractivity contribution in [3.05, 3.63) is 23.8 Å². The third-order valence-corrected chi connectivity index (χ3v) is 3.50. The Bertz CT molecular complexity index is 385. The number of hydrogen-bond donors (Lipinski definition) is 1. The first-order valence-corrected chi connectivity index (χ1v) is 6.83. The van der Waals surface area contributed by atoms with E-state index in [1.54, 1.807) is 18.8 Å². The number of nitrogens with zero attached hydrogens (tertiary/aromatic N) is 1. The average molecular weight is 260 g/mol. The molecule has 5 heteroatoms. The third-order valence-electron chi connectivity index (χ3n) is 2.85. The fourth-order valence-electron chi connectivity index (χ4n) is 1.58. The summed E-state index contributed by atoms with van der Waals surface area (Å²) in [4.78, 5) is 1.82. The monoisotopic (exact) mass is 260 g/mol. The maximum Gasteiger partial charge on any atom is 0.151 e. The highest BCUT2D eigenvalue weighted by atomic mass is 32.2. The summed E-state index contributed by atoms with van der Waals surface area (Å²) in [5, 5.41) is 0. The van der Waals surface area contributed by atoms with Gasteiger partial charge >= 0.3 is 0 Å². The Balaban J connectivity index is 2.91. The largest absolute Gasteiger partial charge is 0.395 e. The van der Waals surface area contributed by atoms with Crippen LogP contribution in [0.25, 0.3) is 0 Å². The molecule has 0 aliphatic carbocycles. The molecule has 0 heterocycles. The second-order valence-electron chi connectivity index (χ2n) is 4.06. The van der Waals surface area contributed by atoms with Crippen molar-refractivity contribution in [3.63, 3.8) is 0 Å². The lowest BCUT2D eigenvalue weighted by Crippen LogP contribution is -2.30. The van der Waals surface area contributed by atoms with Crippen LogP contribution in [0.5, 0.6) is 0 Å². The van der Waals surface area contributed by atoms with Crippen LogP contribution in [-0.2, 0) is 0 Å². The highest BCUT2D eigenvalue weighted by Crippen LogP contribution is 2.28. The molecule has 0 amide bonds. The van der Waals surface area contributed by atoms with Gasteiger partial charge < -0.3 is 10.6 Å². The van der Waals surface area contributed by atoms with E-state index < -0.39 is 11.6 Å². The van der Waals surface area contributed by atoms with E-state index in [-0.39, 0.29) is 11.7 Å². The first-order valence-electron chi connectivity index (χ1n) is 5.43. The van der Waals surface area contributed by atoms with E-state index in [1.165, 1.54) is 6.07 Å². The molecule has 96 valence electrons. The normalized spacial score (nSPS) is 12.5. The molecule has 1 atom stereocenters. The molecule has 17 heavy (non-hydrogen) atoms. The Morgan fingerprint density at radius 2 is 2.06 bits per heavy atom. The zero-order chi connectivity index (χ0) is 13.0. The summed E-state index contributed by atoms with van der Waals surface area (Å²) in [6.07, 6.45) is 2.97. The molecular formula is C12H18F2N2S. The SMILES string of the molecule is CSCCC(C)N(C)c1cc(F)cc(F)c1N. The summed E-state index contributed by atoms with van der Waals surface area (Å²) < 4.78 is 26.5. The molecule has 0 bridgehead atoms. The van der Waals surface area contributed by atoms with Crippen molar-refractivity contribution in [2.45, 2.75) is 19.4 Å². The van der Waals surface area contributed by atoms with Gasteiger partial charge in [0, 0.05) is 19.2 Å². The smallest absolute Gasteiger partial charge is 0.151 e. The Morgan fingerprint density at radius 3 is 2.65 bits per heavy atom. The molecule has 1 unspecified atom stereocenters. The van der Waals surface area contributed by atoms with Gasteiger partial charge in [0.1, 0.15) is 5.82 Å². The van der Waals surface area contributed by atoms with Crippen molar-refractivity contribution in [1.82, 2.24) is 0 Å². The third kappa shape index (κ3) is 3.49. The summed E-state index contributed by atoms with van der Waals surface area (Å²) in [6, 6.07) is 2.26. The van der Waals surface area contributed by atoms with Gasteiger partial charge in [0.15, 0.2) is 5.82 Å². The first-order chi connectivity index (χ1) is 7.97. The van der Waals surface area contributed by atoms with Crippen LogP contribution in [0.4, 0.5) is 20.2 Å². The van der Waals surface area contributed by atoms with Crippen molar-refractivity contribution in [3.8, 4) is 0 Å². The van der Waals surface area contributed by atoms with Crippen LogP contribution in [0.3, 0.4) is 0 Å². The average Bonchev–Trinajstić information content (AvgIpc) is 2.29. The number of benzene rings is 1. The maximum absolute atomic E-state index is 13.3. The van der Waals surface area contributed by atoms with Crippen molar-refractivity contribution < 1.29 is 8.78 Å². The van der Waals surface area contributed by atoms with Crippen LogP contribution in [0, 0.1) is 11.6 Å². The Hall–Kier alpha value is -0.970. The first kappa shape index (κ1) is 14.1. The van der Waals surface area contributed by atoms with Crippen molar-refractivity contribution >= 4 is 23.1 Å². The zero-order valence-corrected chi connectivity index (χ0v) is 11.2.